The zero-order valence-corrected chi connectivity index (χ0v) is 15.0. The fourth-order valence-corrected chi connectivity index (χ4v) is 2.70. The van der Waals surface area contributed by atoms with Crippen LogP contribution in [-0.2, 0) is 11.2 Å². The molecule has 2 aromatic carbocycles. The van der Waals surface area contributed by atoms with Crippen molar-refractivity contribution in [3.05, 3.63) is 82.2 Å². The number of hydrogen-bond donors (Lipinski definition) is 2. The van der Waals surface area contributed by atoms with Crippen molar-refractivity contribution in [3.8, 4) is 0 Å². The molecule has 0 aliphatic rings. The van der Waals surface area contributed by atoms with E-state index in [1.54, 1.807) is 42.5 Å². The van der Waals surface area contributed by atoms with Crippen molar-refractivity contribution in [3.63, 3.8) is 0 Å². The van der Waals surface area contributed by atoms with Gasteiger partial charge in [0.25, 0.3) is 5.91 Å². The molecule has 0 bridgehead atoms. The van der Waals surface area contributed by atoms with Gasteiger partial charge in [0.15, 0.2) is 5.76 Å². The van der Waals surface area contributed by atoms with E-state index in [0.717, 1.165) is 0 Å². The molecule has 0 fully saturated rings. The Morgan fingerprint density at radius 1 is 0.923 bits per heavy atom. The van der Waals surface area contributed by atoms with Crippen LogP contribution < -0.4 is 10.6 Å². The molecule has 0 radical (unpaired) electrons. The molecule has 26 heavy (non-hydrogen) atoms. The van der Waals surface area contributed by atoms with E-state index < -0.39 is 5.91 Å². The van der Waals surface area contributed by atoms with Crippen LogP contribution in [0.25, 0.3) is 0 Å². The van der Waals surface area contributed by atoms with Crippen LogP contribution >= 0.6 is 23.2 Å². The van der Waals surface area contributed by atoms with Gasteiger partial charge >= 0.3 is 0 Å². The van der Waals surface area contributed by atoms with E-state index in [4.69, 9.17) is 27.6 Å². The van der Waals surface area contributed by atoms with E-state index in [0.29, 0.717) is 27.0 Å². The van der Waals surface area contributed by atoms with Crippen LogP contribution in [0.4, 0.5) is 11.4 Å². The van der Waals surface area contributed by atoms with Gasteiger partial charge in [-0.15, -0.1) is 0 Å². The number of anilines is 2. The Kier molecular flexibility index (Phi) is 5.61. The average Bonchev–Trinajstić information content (AvgIpc) is 3.14. The molecule has 5 nitrogen and oxygen atoms in total. The molecule has 0 spiro atoms. The molecule has 0 unspecified atom stereocenters. The molecule has 1 heterocycles. The van der Waals surface area contributed by atoms with Crippen LogP contribution in [0.3, 0.4) is 0 Å². The number of hydrogen-bond acceptors (Lipinski definition) is 3. The molecule has 2 amide bonds. The summed E-state index contributed by atoms with van der Waals surface area (Å²) in [6.45, 7) is 0. The third kappa shape index (κ3) is 4.45. The van der Waals surface area contributed by atoms with E-state index >= 15 is 0 Å². The molecule has 3 aromatic rings. The van der Waals surface area contributed by atoms with Gasteiger partial charge in [0, 0.05) is 10.0 Å². The Morgan fingerprint density at radius 3 is 2.46 bits per heavy atom. The number of furan rings is 1. The number of rotatable bonds is 5. The third-order valence-electron chi connectivity index (χ3n) is 3.56. The van der Waals surface area contributed by atoms with Crippen LogP contribution in [0, 0.1) is 0 Å². The number of carbonyl (C=O) groups excluding carboxylic acids is 2. The maximum Gasteiger partial charge on any atom is 0.291 e. The first-order valence-corrected chi connectivity index (χ1v) is 8.46. The maximum absolute atomic E-state index is 12.4. The van der Waals surface area contributed by atoms with Crippen molar-refractivity contribution in [1.82, 2.24) is 0 Å². The second kappa shape index (κ2) is 8.08. The normalized spacial score (nSPS) is 10.4. The number of carbonyl (C=O) groups is 2. The van der Waals surface area contributed by atoms with Crippen LogP contribution in [0.2, 0.25) is 10.0 Å². The second-order valence-corrected chi connectivity index (χ2v) is 6.28. The largest absolute Gasteiger partial charge is 0.459 e. The SMILES string of the molecule is O=C(Cc1ccccc1Cl)Nc1ccc(Cl)cc1NC(=O)c1ccco1. The lowest BCUT2D eigenvalue weighted by Gasteiger charge is -2.13. The highest BCUT2D eigenvalue weighted by Gasteiger charge is 2.14. The molecule has 132 valence electrons. The van der Waals surface area contributed by atoms with Crippen molar-refractivity contribution in [2.75, 3.05) is 10.6 Å². The number of benzene rings is 2. The minimum Gasteiger partial charge on any atom is -0.459 e. The Hall–Kier alpha value is -2.76. The third-order valence-corrected chi connectivity index (χ3v) is 4.16. The number of halogens is 2. The van der Waals surface area contributed by atoms with Gasteiger partial charge < -0.3 is 15.1 Å². The van der Waals surface area contributed by atoms with Gasteiger partial charge in [0.1, 0.15) is 0 Å². The Balaban J connectivity index is 1.76. The summed E-state index contributed by atoms with van der Waals surface area (Å²) < 4.78 is 5.06. The molecular weight excluding hydrogens is 375 g/mol. The lowest BCUT2D eigenvalue weighted by Crippen LogP contribution is -2.18. The summed E-state index contributed by atoms with van der Waals surface area (Å²) in [7, 11) is 0. The minimum absolute atomic E-state index is 0.105. The summed E-state index contributed by atoms with van der Waals surface area (Å²) in [5.74, 6) is -0.564. The first kappa shape index (κ1) is 18.0. The van der Waals surface area contributed by atoms with Crippen molar-refractivity contribution in [1.29, 1.82) is 0 Å². The lowest BCUT2D eigenvalue weighted by molar-refractivity contribution is -0.115. The molecule has 7 heteroatoms. The van der Waals surface area contributed by atoms with Crippen LogP contribution in [0.5, 0.6) is 0 Å². The summed E-state index contributed by atoms with van der Waals surface area (Å²) in [6, 6.07) is 15.0. The monoisotopic (exact) mass is 388 g/mol. The number of amides is 2. The Morgan fingerprint density at radius 2 is 1.73 bits per heavy atom. The lowest BCUT2D eigenvalue weighted by atomic mass is 10.1. The minimum atomic E-state index is -0.445. The van der Waals surface area contributed by atoms with Gasteiger partial charge in [-0.2, -0.15) is 0 Å². The van der Waals surface area contributed by atoms with E-state index in [2.05, 4.69) is 10.6 Å². The van der Waals surface area contributed by atoms with E-state index in [9.17, 15) is 9.59 Å². The summed E-state index contributed by atoms with van der Waals surface area (Å²) in [5, 5.41) is 6.38. The van der Waals surface area contributed by atoms with Gasteiger partial charge in [-0.05, 0) is 42.0 Å². The highest BCUT2D eigenvalue weighted by Crippen LogP contribution is 2.27. The number of nitrogens with one attached hydrogen (secondary N) is 2. The van der Waals surface area contributed by atoms with Crippen LogP contribution in [0.1, 0.15) is 16.1 Å². The van der Waals surface area contributed by atoms with Crippen LogP contribution in [-0.4, -0.2) is 11.8 Å². The zero-order valence-electron chi connectivity index (χ0n) is 13.5. The smallest absolute Gasteiger partial charge is 0.291 e. The van der Waals surface area contributed by atoms with E-state index in [-0.39, 0.29) is 18.1 Å². The van der Waals surface area contributed by atoms with Crippen molar-refractivity contribution >= 4 is 46.4 Å². The highest BCUT2D eigenvalue weighted by molar-refractivity contribution is 6.32. The predicted octanol–water partition coefficient (Wildman–Crippen LogP) is 5.02. The molecule has 0 aliphatic carbocycles. The standard InChI is InChI=1S/C19H14Cl2N2O3/c20-13-7-8-15(16(11-13)23-19(25)17-6-3-9-26-17)22-18(24)10-12-4-1-2-5-14(12)21/h1-9,11H,10H2,(H,22,24)(H,23,25). The van der Waals surface area contributed by atoms with Gasteiger partial charge in [-0.1, -0.05) is 41.4 Å². The van der Waals surface area contributed by atoms with Crippen molar-refractivity contribution < 1.29 is 14.0 Å². The first-order valence-electron chi connectivity index (χ1n) is 7.70. The van der Waals surface area contributed by atoms with E-state index in [1.165, 1.54) is 12.3 Å². The summed E-state index contributed by atoms with van der Waals surface area (Å²) in [5.41, 5.74) is 1.50. The fourth-order valence-electron chi connectivity index (χ4n) is 2.33. The molecule has 3 rings (SSSR count). The van der Waals surface area contributed by atoms with Gasteiger partial charge in [-0.3, -0.25) is 9.59 Å². The van der Waals surface area contributed by atoms with E-state index in [1.807, 2.05) is 6.07 Å². The fraction of sp³-hybridized carbons (Fsp3) is 0.0526. The second-order valence-electron chi connectivity index (χ2n) is 5.44. The van der Waals surface area contributed by atoms with Gasteiger partial charge in [0.05, 0.1) is 24.1 Å². The average molecular weight is 389 g/mol. The molecule has 1 aromatic heterocycles. The van der Waals surface area contributed by atoms with Gasteiger partial charge in [0.2, 0.25) is 5.91 Å². The van der Waals surface area contributed by atoms with Gasteiger partial charge in [-0.25, -0.2) is 0 Å². The maximum atomic E-state index is 12.4. The molecule has 0 saturated heterocycles. The first-order chi connectivity index (χ1) is 12.5. The van der Waals surface area contributed by atoms with Crippen molar-refractivity contribution in [2.24, 2.45) is 0 Å². The Bertz CT molecular complexity index is 940. The molecule has 0 atom stereocenters. The van der Waals surface area contributed by atoms with Crippen LogP contribution in [0.15, 0.2) is 65.3 Å². The molecule has 0 aliphatic heterocycles. The molecule has 0 saturated carbocycles. The summed E-state index contributed by atoms with van der Waals surface area (Å²) >= 11 is 12.1. The molecule has 2 N–H and O–H groups in total. The van der Waals surface area contributed by atoms with Crippen molar-refractivity contribution in [2.45, 2.75) is 6.42 Å². The zero-order chi connectivity index (χ0) is 18.5. The summed E-state index contributed by atoms with van der Waals surface area (Å²) in [4.78, 5) is 24.5. The Labute approximate surface area is 159 Å². The summed E-state index contributed by atoms with van der Waals surface area (Å²) in [6.07, 6.45) is 1.51. The quantitative estimate of drug-likeness (QED) is 0.644. The molecular formula is C19H14Cl2N2O3. The predicted molar refractivity (Wildman–Crippen MR) is 102 cm³/mol. The highest BCUT2D eigenvalue weighted by atomic mass is 35.5. The topological polar surface area (TPSA) is 71.3 Å².